The molecule has 0 N–H and O–H groups in total. The Labute approximate surface area is 137 Å². The third-order valence-electron chi connectivity index (χ3n) is 3.33. The Bertz CT molecular complexity index is 615. The van der Waals surface area contributed by atoms with Gasteiger partial charge in [-0.15, -0.1) is 0 Å². The van der Waals surface area contributed by atoms with E-state index in [4.69, 9.17) is 9.47 Å². The predicted octanol–water partition coefficient (Wildman–Crippen LogP) is 3.13. The molecule has 122 valence electrons. The minimum absolute atomic E-state index is 0.298. The highest BCUT2D eigenvalue weighted by Crippen LogP contribution is 2.15. The molecular weight excluding hydrogens is 290 g/mol. The summed E-state index contributed by atoms with van der Waals surface area (Å²) < 4.78 is 11.7. The summed E-state index contributed by atoms with van der Waals surface area (Å²) in [5, 5.41) is 0. The molecule has 2 aromatic rings. The van der Waals surface area contributed by atoms with Crippen LogP contribution in [0.15, 0.2) is 54.6 Å². The molecule has 4 nitrogen and oxygen atoms in total. The van der Waals surface area contributed by atoms with Gasteiger partial charge in [0.2, 0.25) is 0 Å². The van der Waals surface area contributed by atoms with Crippen LogP contribution in [0, 0.1) is 0 Å². The van der Waals surface area contributed by atoms with Gasteiger partial charge in [-0.25, -0.2) is 4.79 Å². The first-order chi connectivity index (χ1) is 10.9. The number of carbonyl (C=O) groups is 1. The van der Waals surface area contributed by atoms with Crippen LogP contribution in [-0.2, 0) is 11.3 Å². The lowest BCUT2D eigenvalue weighted by Gasteiger charge is -2.23. The number of quaternary nitrogens is 1. The number of likely N-dealkylation sites (N-methyl/N-ethyl adjacent to an activating group) is 1. The number of benzene rings is 2. The van der Waals surface area contributed by atoms with Crippen molar-refractivity contribution in [1.29, 1.82) is 0 Å². The van der Waals surface area contributed by atoms with Crippen LogP contribution in [0.25, 0.3) is 0 Å². The van der Waals surface area contributed by atoms with Crippen LogP contribution >= 0.6 is 0 Å². The first kappa shape index (κ1) is 17.0. The normalized spacial score (nSPS) is 11.1. The fraction of sp³-hybridized carbons (Fsp3) is 0.316. The van der Waals surface area contributed by atoms with E-state index in [0.717, 1.165) is 22.3 Å². The molecule has 0 bridgehead atoms. The van der Waals surface area contributed by atoms with Gasteiger partial charge in [0.15, 0.2) is 0 Å². The van der Waals surface area contributed by atoms with E-state index in [1.807, 2.05) is 30.3 Å². The second kappa shape index (κ2) is 7.79. The molecule has 23 heavy (non-hydrogen) atoms. The average Bonchev–Trinajstić information content (AvgIpc) is 2.53. The van der Waals surface area contributed by atoms with Gasteiger partial charge in [-0.05, 0) is 29.8 Å². The van der Waals surface area contributed by atoms with E-state index in [9.17, 15) is 4.79 Å². The largest absolute Gasteiger partial charge is 0.489 e. The van der Waals surface area contributed by atoms with Crippen molar-refractivity contribution in [2.75, 3.05) is 34.3 Å². The van der Waals surface area contributed by atoms with E-state index in [1.165, 1.54) is 0 Å². The third kappa shape index (κ3) is 6.12. The van der Waals surface area contributed by atoms with Gasteiger partial charge in [0.25, 0.3) is 0 Å². The smallest absolute Gasteiger partial charge is 0.338 e. The van der Waals surface area contributed by atoms with Gasteiger partial charge >= 0.3 is 5.97 Å². The van der Waals surface area contributed by atoms with Crippen molar-refractivity contribution in [1.82, 2.24) is 0 Å². The van der Waals surface area contributed by atoms with E-state index in [1.54, 1.807) is 24.3 Å². The molecule has 0 aromatic heterocycles. The lowest BCUT2D eigenvalue weighted by Crippen LogP contribution is -2.38. The number of rotatable bonds is 7. The van der Waals surface area contributed by atoms with Crippen molar-refractivity contribution in [2.24, 2.45) is 0 Å². The molecule has 0 spiro atoms. The molecule has 0 saturated carbocycles. The van der Waals surface area contributed by atoms with Crippen molar-refractivity contribution in [2.45, 2.75) is 6.61 Å². The van der Waals surface area contributed by atoms with Crippen LogP contribution in [0.2, 0.25) is 0 Å². The second-order valence-corrected chi connectivity index (χ2v) is 6.45. The quantitative estimate of drug-likeness (QED) is 0.582. The van der Waals surface area contributed by atoms with Crippen molar-refractivity contribution in [3.05, 3.63) is 65.7 Å². The summed E-state index contributed by atoms with van der Waals surface area (Å²) in [5.41, 5.74) is 1.65. The minimum Gasteiger partial charge on any atom is -0.489 e. The second-order valence-electron chi connectivity index (χ2n) is 6.45. The van der Waals surface area contributed by atoms with Crippen LogP contribution in [-0.4, -0.2) is 44.7 Å². The van der Waals surface area contributed by atoms with E-state index in [0.29, 0.717) is 18.8 Å². The summed E-state index contributed by atoms with van der Waals surface area (Å²) in [5.74, 6) is 0.435. The van der Waals surface area contributed by atoms with Gasteiger partial charge in [0.05, 0.1) is 26.7 Å². The first-order valence-electron chi connectivity index (χ1n) is 7.68. The van der Waals surface area contributed by atoms with Crippen LogP contribution < -0.4 is 4.74 Å². The molecule has 0 saturated heterocycles. The van der Waals surface area contributed by atoms with E-state index in [2.05, 4.69) is 21.1 Å². The van der Waals surface area contributed by atoms with Gasteiger partial charge in [-0.2, -0.15) is 0 Å². The fourth-order valence-corrected chi connectivity index (χ4v) is 1.92. The summed E-state index contributed by atoms with van der Waals surface area (Å²) in [4.78, 5) is 12.0. The summed E-state index contributed by atoms with van der Waals surface area (Å²) in [6.45, 7) is 1.70. The van der Waals surface area contributed by atoms with Gasteiger partial charge in [0.1, 0.15) is 25.5 Å². The van der Waals surface area contributed by atoms with Crippen LogP contribution in [0.3, 0.4) is 0 Å². The molecular formula is C19H24NO3+. The molecule has 0 aliphatic carbocycles. The lowest BCUT2D eigenvalue weighted by atomic mass is 10.2. The Balaban J connectivity index is 1.83. The average molecular weight is 314 g/mol. The van der Waals surface area contributed by atoms with Gasteiger partial charge in [0, 0.05) is 0 Å². The highest BCUT2D eigenvalue weighted by molar-refractivity contribution is 5.89. The standard InChI is InChI=1S/C19H24NO3/c1-20(2,3)13-14-22-19(21)17-9-11-18(12-10-17)23-15-16-7-5-4-6-8-16/h4-12H,13-15H2,1-3H3/q+1. The van der Waals surface area contributed by atoms with Gasteiger partial charge < -0.3 is 14.0 Å². The maximum Gasteiger partial charge on any atom is 0.338 e. The lowest BCUT2D eigenvalue weighted by molar-refractivity contribution is -0.870. The third-order valence-corrected chi connectivity index (χ3v) is 3.33. The van der Waals surface area contributed by atoms with Crippen LogP contribution in [0.1, 0.15) is 15.9 Å². The molecule has 2 aromatic carbocycles. The maximum atomic E-state index is 12.0. The molecule has 0 heterocycles. The molecule has 0 unspecified atom stereocenters. The SMILES string of the molecule is C[N+](C)(C)CCOC(=O)c1ccc(OCc2ccccc2)cc1. The van der Waals surface area contributed by atoms with Crippen molar-refractivity contribution in [3.8, 4) is 5.75 Å². The molecule has 0 radical (unpaired) electrons. The monoisotopic (exact) mass is 314 g/mol. The Morgan fingerprint density at radius 1 is 0.957 bits per heavy atom. The first-order valence-corrected chi connectivity index (χ1v) is 7.68. The molecule has 0 atom stereocenters. The summed E-state index contributed by atoms with van der Waals surface area (Å²) in [6.07, 6.45) is 0. The van der Waals surface area contributed by atoms with E-state index < -0.39 is 0 Å². The zero-order valence-corrected chi connectivity index (χ0v) is 14.0. The molecule has 0 fully saturated rings. The maximum absolute atomic E-state index is 12.0. The molecule has 4 heteroatoms. The van der Waals surface area contributed by atoms with E-state index >= 15 is 0 Å². The Kier molecular flexibility index (Phi) is 5.77. The Morgan fingerprint density at radius 3 is 2.22 bits per heavy atom. The van der Waals surface area contributed by atoms with Gasteiger partial charge in [-0.1, -0.05) is 30.3 Å². The molecule has 2 rings (SSSR count). The van der Waals surface area contributed by atoms with Crippen molar-refractivity contribution >= 4 is 5.97 Å². The number of hydrogen-bond acceptors (Lipinski definition) is 3. The zero-order valence-electron chi connectivity index (χ0n) is 14.0. The van der Waals surface area contributed by atoms with Gasteiger partial charge in [-0.3, -0.25) is 0 Å². The van der Waals surface area contributed by atoms with Crippen LogP contribution in [0.5, 0.6) is 5.75 Å². The molecule has 0 aliphatic heterocycles. The zero-order chi connectivity index (χ0) is 16.7. The topological polar surface area (TPSA) is 35.5 Å². The van der Waals surface area contributed by atoms with Crippen LogP contribution in [0.4, 0.5) is 0 Å². The Morgan fingerprint density at radius 2 is 1.61 bits per heavy atom. The molecule has 0 aliphatic rings. The summed E-state index contributed by atoms with van der Waals surface area (Å²) in [7, 11) is 6.19. The molecule has 0 amide bonds. The van der Waals surface area contributed by atoms with Crippen molar-refractivity contribution < 1.29 is 18.8 Å². The summed E-state index contributed by atoms with van der Waals surface area (Å²) in [6, 6.07) is 17.0. The highest BCUT2D eigenvalue weighted by atomic mass is 16.5. The number of carbonyl (C=O) groups excluding carboxylic acids is 1. The summed E-state index contributed by atoms with van der Waals surface area (Å²) >= 11 is 0. The number of nitrogens with zero attached hydrogens (tertiary/aromatic N) is 1. The predicted molar refractivity (Wildman–Crippen MR) is 90.4 cm³/mol. The minimum atomic E-state index is -0.298. The highest BCUT2D eigenvalue weighted by Gasteiger charge is 2.11. The number of ether oxygens (including phenoxy) is 2. The Hall–Kier alpha value is -2.33. The van der Waals surface area contributed by atoms with Crippen molar-refractivity contribution in [3.63, 3.8) is 0 Å². The number of hydrogen-bond donors (Lipinski definition) is 0. The number of esters is 1. The van der Waals surface area contributed by atoms with E-state index in [-0.39, 0.29) is 5.97 Å². The fourth-order valence-electron chi connectivity index (χ4n) is 1.92.